The molecule has 4 aliphatic carbocycles. The second-order valence-electron chi connectivity index (χ2n) is 25.3. The van der Waals surface area contributed by atoms with Crippen LogP contribution < -0.4 is 10.6 Å². The number of amides is 2. The molecule has 0 aromatic heterocycles. The number of fused-ring (bicyclic) bond motifs is 4. The van der Waals surface area contributed by atoms with Gasteiger partial charge in [0.15, 0.2) is 30.9 Å². The summed E-state index contributed by atoms with van der Waals surface area (Å²) < 4.78 is 55.7. The quantitative estimate of drug-likeness (QED) is 0.0466. The molecule has 4 saturated heterocycles. The van der Waals surface area contributed by atoms with Gasteiger partial charge in [-0.2, -0.15) is 0 Å². The van der Waals surface area contributed by atoms with Crippen LogP contribution in [0.4, 0.5) is 0 Å². The molecule has 0 radical (unpaired) electrons. The summed E-state index contributed by atoms with van der Waals surface area (Å²) in [5.74, 6) is -1.08. The Bertz CT molecular complexity index is 2270. The van der Waals surface area contributed by atoms with Gasteiger partial charge in [-0.15, -0.1) is 0 Å². The van der Waals surface area contributed by atoms with E-state index in [2.05, 4.69) is 45.3 Å². The maximum Gasteiger partial charge on any atom is 0.217 e. The first-order valence-corrected chi connectivity index (χ1v) is 28.4. The predicted octanol–water partition coefficient (Wildman–Crippen LogP) is -1.13. The molecule has 26 atom stereocenters. The molecule has 8 aliphatic rings. The Kier molecular flexibility index (Phi) is 19.6. The molecule has 0 bridgehead atoms. The van der Waals surface area contributed by atoms with Crippen molar-refractivity contribution in [1.29, 1.82) is 0 Å². The lowest BCUT2D eigenvalue weighted by Crippen LogP contribution is -2.69. The van der Waals surface area contributed by atoms with Gasteiger partial charge in [0.05, 0.1) is 44.2 Å². The van der Waals surface area contributed by atoms with Crippen LogP contribution in [0, 0.1) is 34.0 Å². The largest absolute Gasteiger partial charge is 0.394 e. The fourth-order valence-corrected chi connectivity index (χ4v) is 15.4. The fraction of sp³-hybridized carbons (Fsp3) is 0.875. The van der Waals surface area contributed by atoms with E-state index in [1.807, 2.05) is 13.8 Å². The number of hydrogen-bond donors (Lipinski definition) is 12. The Hall–Kier alpha value is -2.67. The lowest BCUT2D eigenvalue weighted by Gasteiger charge is -2.65. The Morgan fingerprint density at radius 2 is 1.34 bits per heavy atom. The number of methoxy groups -OCH3 is 1. The molecule has 0 spiro atoms. The minimum absolute atomic E-state index is 0.0808. The van der Waals surface area contributed by atoms with Crippen molar-refractivity contribution in [3.8, 4) is 0 Å². The molecule has 7 fully saturated rings. The summed E-state index contributed by atoms with van der Waals surface area (Å²) in [4.78, 5) is 38.2. The molecule has 0 unspecified atom stereocenters. The summed E-state index contributed by atoms with van der Waals surface area (Å²) >= 11 is 0. The number of nitrogens with one attached hydrogen (secondary N) is 2. The van der Waals surface area contributed by atoms with Crippen molar-refractivity contribution in [3.05, 3.63) is 22.8 Å². The Labute approximate surface area is 467 Å². The smallest absolute Gasteiger partial charge is 0.217 e. The number of rotatable bonds is 17. The van der Waals surface area contributed by atoms with Gasteiger partial charge in [0.25, 0.3) is 0 Å². The van der Waals surface area contributed by atoms with Crippen LogP contribution in [0.2, 0.25) is 0 Å². The second-order valence-corrected chi connectivity index (χ2v) is 25.3. The van der Waals surface area contributed by atoms with E-state index < -0.39 is 171 Å². The first-order valence-electron chi connectivity index (χ1n) is 28.4. The number of ether oxygens (including phenoxy) is 9. The molecule has 4 heterocycles. The molecule has 0 aromatic carbocycles. The van der Waals surface area contributed by atoms with Crippen LogP contribution in [0.5, 0.6) is 0 Å². The highest BCUT2D eigenvalue weighted by Crippen LogP contribution is 2.70. The molecule has 2 amide bonds. The summed E-state index contributed by atoms with van der Waals surface area (Å²) in [6.07, 6.45) is -20.2. The van der Waals surface area contributed by atoms with E-state index >= 15 is 0 Å². The minimum Gasteiger partial charge on any atom is -0.394 e. The molecular formula is C56H90N2O22. The second kappa shape index (κ2) is 24.7. The van der Waals surface area contributed by atoms with Gasteiger partial charge in [-0.1, -0.05) is 40.2 Å². The van der Waals surface area contributed by atoms with Crippen molar-refractivity contribution in [2.75, 3.05) is 33.5 Å². The maximum atomic E-state index is 13.5. The summed E-state index contributed by atoms with van der Waals surface area (Å²) in [6, 6.07) is -2.94. The zero-order chi connectivity index (χ0) is 58.7. The third-order valence-corrected chi connectivity index (χ3v) is 19.6. The average molecular weight is 1140 g/mol. The van der Waals surface area contributed by atoms with Crippen LogP contribution in [0.1, 0.15) is 114 Å². The number of aliphatic hydroxyl groups excluding tert-OH is 9. The third-order valence-electron chi connectivity index (χ3n) is 19.6. The van der Waals surface area contributed by atoms with Crippen molar-refractivity contribution >= 4 is 17.6 Å². The Balaban J connectivity index is 1.08. The van der Waals surface area contributed by atoms with Crippen LogP contribution in [0.3, 0.4) is 0 Å². The zero-order valence-corrected chi connectivity index (χ0v) is 47.7. The van der Waals surface area contributed by atoms with Gasteiger partial charge >= 0.3 is 0 Å². The van der Waals surface area contributed by atoms with E-state index in [1.54, 1.807) is 13.2 Å². The zero-order valence-electron chi connectivity index (χ0n) is 47.7. The van der Waals surface area contributed by atoms with Crippen molar-refractivity contribution in [2.45, 2.75) is 242 Å². The summed E-state index contributed by atoms with van der Waals surface area (Å²) in [5.41, 5.74) is 0.309. The normalized spacial score (nSPS) is 46.8. The lowest BCUT2D eigenvalue weighted by molar-refractivity contribution is -0.372. The van der Waals surface area contributed by atoms with Crippen LogP contribution >= 0.6 is 0 Å². The molecular weight excluding hydrogens is 1050 g/mol. The molecule has 12 N–H and O–H groups in total. The summed E-state index contributed by atoms with van der Waals surface area (Å²) in [6.45, 7) is 14.7. The first kappa shape index (κ1) is 63.4. The minimum atomic E-state index is -1.82. The number of carbonyl (C=O) groups excluding carboxylic acids is 3. The Morgan fingerprint density at radius 1 is 0.725 bits per heavy atom. The van der Waals surface area contributed by atoms with E-state index in [4.69, 9.17) is 42.6 Å². The van der Waals surface area contributed by atoms with Gasteiger partial charge in [-0.05, 0) is 105 Å². The number of hydrogen-bond acceptors (Lipinski definition) is 22. The highest BCUT2D eigenvalue weighted by atomic mass is 16.8. The summed E-state index contributed by atoms with van der Waals surface area (Å²) in [7, 11) is 1.72. The van der Waals surface area contributed by atoms with Crippen LogP contribution in [-0.2, 0) is 57.0 Å². The van der Waals surface area contributed by atoms with Crippen molar-refractivity contribution < 1.29 is 108 Å². The average Bonchev–Trinajstić information content (AvgIpc) is 3.71. The van der Waals surface area contributed by atoms with Gasteiger partial charge in [-0.25, -0.2) is 0 Å². The number of aliphatic hydroxyl groups is 10. The van der Waals surface area contributed by atoms with Gasteiger partial charge in [0.1, 0.15) is 85.3 Å². The molecule has 456 valence electrons. The fourth-order valence-electron chi connectivity index (χ4n) is 15.4. The molecule has 4 aliphatic heterocycles. The maximum absolute atomic E-state index is 13.5. The van der Waals surface area contributed by atoms with Gasteiger partial charge in [-0.3, -0.25) is 14.4 Å². The summed E-state index contributed by atoms with van der Waals surface area (Å²) in [5, 5.41) is 117. The SMILES string of the molecule is CO[C@H]1C[C@H]([C@H](C)CC(=O)C=C(C)C)[C@@]2(C)CC[C@@]3(O)C(=C12)CC[C@H]1C(C)(C)[C@@H](O[C@@H]2OC[C@@H](O[C@@H]4O[C@H](CO)[C@H](O)[C@H](O)[C@H]4NC(C)=O)[C@H](O)[C@H]2O[C@@H]2O[C@H](CO[C@@H]4OC[C@@H](O)[C@H](O)[C@H]4O)[C@@H](O)[C@H](O)[C@H]2NC(C)=O)CC[C@@]13C. The van der Waals surface area contributed by atoms with Gasteiger partial charge < -0.3 is 104 Å². The standard InChI is InChI=1S/C56H90N2O22/c1-24(2)17-28(62)18-25(3)30-19-32(72-10)38-29-11-12-36-53(6,7)37(13-14-55(36,9)56(29,71)16-15-54(30,38)8)79-52-48(44(67)35(23-75-52)78-49-39(57-26(4)60)45(68)42(65)33(20-59)76-49)80-50-40(58-27(5)61)46(69)43(66)34(77-50)22-74-51-47(70)41(64)31(63)21-73-51/h17,25,30-37,39-52,59,63-71H,11-16,18-23H2,1-10H3,(H,57,60)(H,58,61)/t25-,30-,31-,32+,33-,34-,35-,36+,37+,39-,40-,41+,42+,43-,44+,45-,46-,47-,48-,49+,50+,51+,52+,54-,55+,56-/m1/s1. The molecule has 8 rings (SSSR count). The molecule has 24 nitrogen and oxygen atoms in total. The Morgan fingerprint density at radius 3 is 1.95 bits per heavy atom. The van der Waals surface area contributed by atoms with E-state index in [0.717, 1.165) is 30.1 Å². The van der Waals surface area contributed by atoms with Crippen molar-refractivity contribution in [2.24, 2.45) is 34.0 Å². The number of ketones is 1. The molecule has 3 saturated carbocycles. The molecule has 80 heavy (non-hydrogen) atoms. The highest BCUT2D eigenvalue weighted by Gasteiger charge is 2.68. The first-order chi connectivity index (χ1) is 37.5. The van der Waals surface area contributed by atoms with E-state index in [-0.39, 0.29) is 35.1 Å². The van der Waals surface area contributed by atoms with Crippen LogP contribution in [0.15, 0.2) is 22.8 Å². The van der Waals surface area contributed by atoms with Crippen molar-refractivity contribution in [3.63, 3.8) is 0 Å². The van der Waals surface area contributed by atoms with Crippen LogP contribution in [0.25, 0.3) is 0 Å². The van der Waals surface area contributed by atoms with Gasteiger partial charge in [0.2, 0.25) is 11.8 Å². The predicted molar refractivity (Wildman–Crippen MR) is 278 cm³/mol. The highest BCUT2D eigenvalue weighted by molar-refractivity contribution is 5.90. The van der Waals surface area contributed by atoms with Crippen molar-refractivity contribution in [1.82, 2.24) is 10.6 Å². The monoisotopic (exact) mass is 1140 g/mol. The third kappa shape index (κ3) is 11.9. The lowest BCUT2D eigenvalue weighted by atomic mass is 9.42. The topological polar surface area (TPSA) is 361 Å². The van der Waals surface area contributed by atoms with Gasteiger partial charge in [0, 0.05) is 32.8 Å². The number of allylic oxidation sites excluding steroid dienone is 2. The van der Waals surface area contributed by atoms with E-state index in [0.29, 0.717) is 44.9 Å². The van der Waals surface area contributed by atoms with Crippen LogP contribution in [-0.4, -0.2) is 231 Å². The number of carbonyl (C=O) groups is 3. The molecule has 0 aromatic rings. The molecule has 24 heteroatoms. The van der Waals surface area contributed by atoms with E-state index in [9.17, 15) is 65.4 Å². The van der Waals surface area contributed by atoms with E-state index in [1.165, 1.54) is 6.92 Å².